The van der Waals surface area contributed by atoms with Crippen LogP contribution in [0.15, 0.2) is 54.6 Å². The van der Waals surface area contributed by atoms with E-state index < -0.39 is 0 Å². The van der Waals surface area contributed by atoms with Crippen molar-refractivity contribution in [1.82, 2.24) is 15.1 Å². The van der Waals surface area contributed by atoms with Gasteiger partial charge in [-0.05, 0) is 41.9 Å². The lowest BCUT2D eigenvalue weighted by Gasteiger charge is -2.37. The molecule has 0 saturated carbocycles. The lowest BCUT2D eigenvalue weighted by molar-refractivity contribution is 0.183. The molecular formula is C22H25ClN4S. The molecule has 1 unspecified atom stereocenters. The van der Waals surface area contributed by atoms with Crippen LogP contribution in [0.5, 0.6) is 0 Å². The van der Waals surface area contributed by atoms with Crippen molar-refractivity contribution in [2.75, 3.05) is 32.7 Å². The highest BCUT2D eigenvalue weighted by atomic mass is 35.5. The number of nitrogens with zero attached hydrogens (tertiary/aromatic N) is 3. The zero-order chi connectivity index (χ0) is 19.8. The molecule has 1 fully saturated rings. The second kappa shape index (κ2) is 10.4. The standard InChI is InChI=1S/C22H25ClN4S/c23-20-9-7-18(8-10-20)17-21(19-5-2-1-3-6-19)25-22(28)27-15-13-26(14-16-27)12-4-11-24/h1-3,5-10,21H,4,12-17H2,(H,25,28). The van der Waals surface area contributed by atoms with E-state index in [1.807, 2.05) is 18.2 Å². The molecule has 0 amide bonds. The topological polar surface area (TPSA) is 42.3 Å². The first-order valence-electron chi connectivity index (χ1n) is 9.60. The van der Waals surface area contributed by atoms with Crippen LogP contribution in [0, 0.1) is 11.3 Å². The third kappa shape index (κ3) is 5.93. The average molecular weight is 413 g/mol. The number of piperazine rings is 1. The molecule has 0 bridgehead atoms. The van der Waals surface area contributed by atoms with Crippen LogP contribution in [0.4, 0.5) is 0 Å². The fraction of sp³-hybridized carbons (Fsp3) is 0.364. The minimum Gasteiger partial charge on any atom is -0.355 e. The van der Waals surface area contributed by atoms with Gasteiger partial charge in [0, 0.05) is 44.2 Å². The number of hydrogen-bond donors (Lipinski definition) is 1. The van der Waals surface area contributed by atoms with Gasteiger partial charge < -0.3 is 10.2 Å². The first kappa shape index (κ1) is 20.6. The van der Waals surface area contributed by atoms with Crippen molar-refractivity contribution < 1.29 is 0 Å². The van der Waals surface area contributed by atoms with Crippen molar-refractivity contribution in [3.05, 3.63) is 70.7 Å². The Kier molecular flexibility index (Phi) is 7.67. The lowest BCUT2D eigenvalue weighted by atomic mass is 9.99. The molecule has 6 heteroatoms. The molecule has 28 heavy (non-hydrogen) atoms. The molecule has 1 N–H and O–H groups in total. The van der Waals surface area contributed by atoms with Gasteiger partial charge in [-0.15, -0.1) is 0 Å². The van der Waals surface area contributed by atoms with Crippen molar-refractivity contribution in [1.29, 1.82) is 5.26 Å². The second-order valence-corrected chi connectivity index (χ2v) is 7.80. The summed E-state index contributed by atoms with van der Waals surface area (Å²) in [6.07, 6.45) is 1.42. The summed E-state index contributed by atoms with van der Waals surface area (Å²) in [7, 11) is 0. The van der Waals surface area contributed by atoms with Crippen LogP contribution in [0.1, 0.15) is 23.6 Å². The van der Waals surface area contributed by atoms with Crippen molar-refractivity contribution in [2.45, 2.75) is 18.9 Å². The van der Waals surface area contributed by atoms with Gasteiger partial charge in [0.2, 0.25) is 0 Å². The maximum atomic E-state index is 8.76. The van der Waals surface area contributed by atoms with Crippen LogP contribution in [0.2, 0.25) is 5.02 Å². The Morgan fingerprint density at radius 1 is 1.07 bits per heavy atom. The van der Waals surface area contributed by atoms with E-state index in [-0.39, 0.29) is 6.04 Å². The first-order chi connectivity index (χ1) is 13.7. The predicted octanol–water partition coefficient (Wildman–Crippen LogP) is 4.03. The summed E-state index contributed by atoms with van der Waals surface area (Å²) in [5, 5.41) is 13.9. The first-order valence-corrected chi connectivity index (χ1v) is 10.4. The van der Waals surface area contributed by atoms with E-state index in [9.17, 15) is 0 Å². The summed E-state index contributed by atoms with van der Waals surface area (Å²) in [5.41, 5.74) is 2.43. The SMILES string of the molecule is N#CCCN1CCN(C(=S)NC(Cc2ccc(Cl)cc2)c2ccccc2)CC1. The van der Waals surface area contributed by atoms with Gasteiger partial charge in [-0.2, -0.15) is 5.26 Å². The highest BCUT2D eigenvalue weighted by Crippen LogP contribution is 2.20. The fourth-order valence-electron chi connectivity index (χ4n) is 3.42. The van der Waals surface area contributed by atoms with Crippen molar-refractivity contribution in [3.63, 3.8) is 0 Å². The molecule has 2 aromatic carbocycles. The number of hydrogen-bond acceptors (Lipinski definition) is 3. The summed E-state index contributed by atoms with van der Waals surface area (Å²) in [5.74, 6) is 0. The molecule has 146 valence electrons. The highest BCUT2D eigenvalue weighted by Gasteiger charge is 2.21. The molecule has 1 atom stereocenters. The fourth-order valence-corrected chi connectivity index (χ4v) is 3.87. The van der Waals surface area contributed by atoms with Gasteiger partial charge in [0.25, 0.3) is 0 Å². The zero-order valence-electron chi connectivity index (χ0n) is 15.9. The minimum absolute atomic E-state index is 0.103. The van der Waals surface area contributed by atoms with Gasteiger partial charge in [0.05, 0.1) is 12.1 Å². The molecule has 1 heterocycles. The summed E-state index contributed by atoms with van der Waals surface area (Å²) >= 11 is 11.8. The van der Waals surface area contributed by atoms with Gasteiger partial charge in [-0.1, -0.05) is 54.1 Å². The summed E-state index contributed by atoms with van der Waals surface area (Å²) in [6, 6.07) is 20.7. The molecule has 0 aliphatic carbocycles. The van der Waals surface area contributed by atoms with Crippen LogP contribution < -0.4 is 5.32 Å². The number of halogens is 1. The summed E-state index contributed by atoms with van der Waals surface area (Å²) in [4.78, 5) is 4.56. The lowest BCUT2D eigenvalue weighted by Crippen LogP contribution is -2.52. The maximum Gasteiger partial charge on any atom is 0.169 e. The van der Waals surface area contributed by atoms with E-state index in [0.717, 1.165) is 49.3 Å². The molecule has 1 aliphatic rings. The van der Waals surface area contributed by atoms with Crippen LogP contribution in [0.25, 0.3) is 0 Å². The monoisotopic (exact) mass is 412 g/mol. The molecule has 0 aromatic heterocycles. The molecule has 1 saturated heterocycles. The Morgan fingerprint density at radius 2 is 1.75 bits per heavy atom. The number of nitrogens with one attached hydrogen (secondary N) is 1. The Morgan fingerprint density at radius 3 is 2.39 bits per heavy atom. The normalized spacial score (nSPS) is 15.6. The Balaban J connectivity index is 1.63. The average Bonchev–Trinajstić information content (AvgIpc) is 2.74. The van der Waals surface area contributed by atoms with Gasteiger partial charge in [-0.3, -0.25) is 4.90 Å². The molecular weight excluding hydrogens is 388 g/mol. The third-order valence-corrected chi connectivity index (χ3v) is 5.68. The smallest absolute Gasteiger partial charge is 0.169 e. The molecule has 1 aliphatic heterocycles. The van der Waals surface area contributed by atoms with Gasteiger partial charge in [0.15, 0.2) is 5.11 Å². The Labute approximate surface area is 177 Å². The van der Waals surface area contributed by atoms with Gasteiger partial charge >= 0.3 is 0 Å². The maximum absolute atomic E-state index is 8.76. The van der Waals surface area contributed by atoms with E-state index in [0.29, 0.717) is 6.42 Å². The van der Waals surface area contributed by atoms with E-state index in [1.54, 1.807) is 0 Å². The number of benzene rings is 2. The Bertz CT molecular complexity index is 796. The molecule has 0 spiro atoms. The van der Waals surface area contributed by atoms with Crippen LogP contribution in [0.3, 0.4) is 0 Å². The molecule has 4 nitrogen and oxygen atoms in total. The summed E-state index contributed by atoms with van der Waals surface area (Å²) < 4.78 is 0. The highest BCUT2D eigenvalue weighted by molar-refractivity contribution is 7.80. The Hall–Kier alpha value is -2.13. The van der Waals surface area contributed by atoms with E-state index in [1.165, 1.54) is 11.1 Å². The minimum atomic E-state index is 0.103. The van der Waals surface area contributed by atoms with E-state index in [4.69, 9.17) is 29.1 Å². The van der Waals surface area contributed by atoms with Gasteiger partial charge in [0.1, 0.15) is 0 Å². The van der Waals surface area contributed by atoms with Crippen LogP contribution in [-0.4, -0.2) is 47.6 Å². The van der Waals surface area contributed by atoms with Crippen molar-refractivity contribution in [3.8, 4) is 6.07 Å². The largest absolute Gasteiger partial charge is 0.355 e. The quantitative estimate of drug-likeness (QED) is 0.725. The van der Waals surface area contributed by atoms with Crippen molar-refractivity contribution >= 4 is 28.9 Å². The zero-order valence-corrected chi connectivity index (χ0v) is 17.4. The number of thiocarbonyl (C=S) groups is 1. The van der Waals surface area contributed by atoms with Crippen LogP contribution >= 0.6 is 23.8 Å². The predicted molar refractivity (Wildman–Crippen MR) is 118 cm³/mol. The van der Waals surface area contributed by atoms with Crippen LogP contribution in [-0.2, 0) is 6.42 Å². The number of nitriles is 1. The third-order valence-electron chi connectivity index (χ3n) is 5.05. The summed E-state index contributed by atoms with van der Waals surface area (Å²) in [6.45, 7) is 4.50. The van der Waals surface area contributed by atoms with Crippen molar-refractivity contribution in [2.24, 2.45) is 0 Å². The molecule has 3 rings (SSSR count). The molecule has 2 aromatic rings. The van der Waals surface area contributed by atoms with Gasteiger partial charge in [-0.25, -0.2) is 0 Å². The molecule has 0 radical (unpaired) electrons. The second-order valence-electron chi connectivity index (χ2n) is 6.98. The van der Waals surface area contributed by atoms with E-state index in [2.05, 4.69) is 57.6 Å². The number of rotatable bonds is 6. The van der Waals surface area contributed by atoms with E-state index >= 15 is 0 Å².